The fourth-order valence-corrected chi connectivity index (χ4v) is 2.87. The lowest BCUT2D eigenvalue weighted by Crippen LogP contribution is -2.31. The molecule has 140 valence electrons. The highest BCUT2D eigenvalue weighted by atomic mass is 16.6. The maximum Gasteiger partial charge on any atom is 0.347 e. The number of esters is 1. The molecule has 0 saturated carbocycles. The summed E-state index contributed by atoms with van der Waals surface area (Å²) < 4.78 is 10.9. The van der Waals surface area contributed by atoms with Crippen LogP contribution in [-0.2, 0) is 9.53 Å². The third-order valence-corrected chi connectivity index (χ3v) is 4.15. The molecule has 1 aliphatic rings. The summed E-state index contributed by atoms with van der Waals surface area (Å²) in [5, 5.41) is 0. The number of carbonyl (C=O) groups is 3. The van der Waals surface area contributed by atoms with Crippen molar-refractivity contribution in [1.29, 1.82) is 0 Å². The SMILES string of the molecule is CC[C@H](Oc1ccc(N2C(=O)c3ccccc3C2=O)cc1)C(=O)OC(C)C. The Kier molecular flexibility index (Phi) is 5.26. The maximum atomic E-state index is 12.5. The second kappa shape index (κ2) is 7.61. The second-order valence-corrected chi connectivity index (χ2v) is 6.49. The number of rotatable bonds is 6. The van der Waals surface area contributed by atoms with E-state index in [1.165, 1.54) is 0 Å². The van der Waals surface area contributed by atoms with E-state index in [4.69, 9.17) is 9.47 Å². The predicted molar refractivity (Wildman–Crippen MR) is 100.0 cm³/mol. The van der Waals surface area contributed by atoms with Crippen LogP contribution >= 0.6 is 0 Å². The van der Waals surface area contributed by atoms with Crippen LogP contribution in [0.5, 0.6) is 5.75 Å². The van der Waals surface area contributed by atoms with Gasteiger partial charge in [-0.05, 0) is 56.7 Å². The summed E-state index contributed by atoms with van der Waals surface area (Å²) in [5.41, 5.74) is 1.24. The number of hydrogen-bond donors (Lipinski definition) is 0. The van der Waals surface area contributed by atoms with Gasteiger partial charge in [0, 0.05) is 0 Å². The average molecular weight is 367 g/mol. The normalized spacial score (nSPS) is 14.3. The van der Waals surface area contributed by atoms with Crippen molar-refractivity contribution in [2.75, 3.05) is 4.90 Å². The van der Waals surface area contributed by atoms with E-state index in [0.29, 0.717) is 29.0 Å². The van der Waals surface area contributed by atoms with Gasteiger partial charge in [-0.15, -0.1) is 0 Å². The molecule has 0 saturated heterocycles. The van der Waals surface area contributed by atoms with E-state index in [1.54, 1.807) is 62.4 Å². The molecular weight excluding hydrogens is 346 g/mol. The first-order valence-corrected chi connectivity index (χ1v) is 8.87. The zero-order valence-corrected chi connectivity index (χ0v) is 15.5. The summed E-state index contributed by atoms with van der Waals surface area (Å²) in [6.07, 6.45) is -0.463. The predicted octanol–water partition coefficient (Wildman–Crippen LogP) is 3.60. The van der Waals surface area contributed by atoms with Crippen molar-refractivity contribution >= 4 is 23.5 Å². The Morgan fingerprint density at radius 2 is 1.52 bits per heavy atom. The summed E-state index contributed by atoms with van der Waals surface area (Å²) in [5.74, 6) is -0.660. The van der Waals surface area contributed by atoms with Crippen molar-refractivity contribution < 1.29 is 23.9 Å². The molecule has 0 aromatic heterocycles. The Hall–Kier alpha value is -3.15. The Labute approximate surface area is 157 Å². The van der Waals surface area contributed by atoms with Gasteiger partial charge in [0.25, 0.3) is 11.8 Å². The topological polar surface area (TPSA) is 72.9 Å². The van der Waals surface area contributed by atoms with Gasteiger partial charge >= 0.3 is 5.97 Å². The number of amides is 2. The van der Waals surface area contributed by atoms with E-state index >= 15 is 0 Å². The Balaban J connectivity index is 1.75. The van der Waals surface area contributed by atoms with Crippen LogP contribution in [0.4, 0.5) is 5.69 Å². The van der Waals surface area contributed by atoms with Crippen molar-refractivity contribution in [3.63, 3.8) is 0 Å². The molecule has 6 heteroatoms. The minimum Gasteiger partial charge on any atom is -0.479 e. The molecule has 27 heavy (non-hydrogen) atoms. The molecule has 0 unspecified atom stereocenters. The van der Waals surface area contributed by atoms with Crippen LogP contribution in [0, 0.1) is 0 Å². The number of carbonyl (C=O) groups excluding carboxylic acids is 3. The Morgan fingerprint density at radius 3 is 2.00 bits per heavy atom. The molecule has 6 nitrogen and oxygen atoms in total. The van der Waals surface area contributed by atoms with Crippen molar-refractivity contribution in [3.05, 3.63) is 59.7 Å². The molecule has 0 spiro atoms. The van der Waals surface area contributed by atoms with Gasteiger partial charge in [-0.25, -0.2) is 9.69 Å². The van der Waals surface area contributed by atoms with Gasteiger partial charge in [0.1, 0.15) is 5.75 Å². The fourth-order valence-electron chi connectivity index (χ4n) is 2.87. The second-order valence-electron chi connectivity index (χ2n) is 6.49. The van der Waals surface area contributed by atoms with E-state index in [0.717, 1.165) is 4.90 Å². The van der Waals surface area contributed by atoms with Gasteiger partial charge in [-0.1, -0.05) is 19.1 Å². The summed E-state index contributed by atoms with van der Waals surface area (Å²) >= 11 is 0. The number of benzene rings is 2. The number of imide groups is 1. The first-order chi connectivity index (χ1) is 12.9. The van der Waals surface area contributed by atoms with Gasteiger partial charge in [0.05, 0.1) is 22.9 Å². The van der Waals surface area contributed by atoms with Gasteiger partial charge < -0.3 is 9.47 Å². The van der Waals surface area contributed by atoms with E-state index in [2.05, 4.69) is 0 Å². The number of hydrogen-bond acceptors (Lipinski definition) is 5. The van der Waals surface area contributed by atoms with Gasteiger partial charge in [0.15, 0.2) is 6.10 Å². The van der Waals surface area contributed by atoms with Crippen LogP contribution in [0.2, 0.25) is 0 Å². The molecule has 0 fully saturated rings. The first kappa shape index (κ1) is 18.6. The molecule has 0 aliphatic carbocycles. The molecular formula is C21H21NO5. The zero-order chi connectivity index (χ0) is 19.6. The van der Waals surface area contributed by atoms with Crippen molar-refractivity contribution in [1.82, 2.24) is 0 Å². The molecule has 0 radical (unpaired) electrons. The quantitative estimate of drug-likeness (QED) is 0.576. The van der Waals surface area contributed by atoms with E-state index < -0.39 is 12.1 Å². The standard InChI is InChI=1S/C21H21NO5/c1-4-18(21(25)26-13(2)3)27-15-11-9-14(10-12-15)22-19(23)16-7-5-6-8-17(16)20(22)24/h5-13,18H,4H2,1-3H3/t18-/m0/s1. The summed E-state index contributed by atoms with van der Waals surface area (Å²) in [6, 6.07) is 13.2. The molecule has 0 N–H and O–H groups in total. The van der Waals surface area contributed by atoms with Gasteiger partial charge in [-0.2, -0.15) is 0 Å². The van der Waals surface area contributed by atoms with Gasteiger partial charge in [-0.3, -0.25) is 9.59 Å². The van der Waals surface area contributed by atoms with Crippen LogP contribution < -0.4 is 9.64 Å². The minimum atomic E-state index is -0.711. The number of ether oxygens (including phenoxy) is 2. The maximum absolute atomic E-state index is 12.5. The highest BCUT2D eigenvalue weighted by molar-refractivity contribution is 6.34. The molecule has 0 bridgehead atoms. The van der Waals surface area contributed by atoms with Gasteiger partial charge in [0.2, 0.25) is 0 Å². The third kappa shape index (κ3) is 3.69. The first-order valence-electron chi connectivity index (χ1n) is 8.87. The Bertz CT molecular complexity index is 837. The highest BCUT2D eigenvalue weighted by Gasteiger charge is 2.36. The average Bonchev–Trinajstić information content (AvgIpc) is 2.91. The molecule has 2 amide bonds. The van der Waals surface area contributed by atoms with Crippen LogP contribution in [0.25, 0.3) is 0 Å². The largest absolute Gasteiger partial charge is 0.479 e. The van der Waals surface area contributed by atoms with Crippen LogP contribution in [0.15, 0.2) is 48.5 Å². The van der Waals surface area contributed by atoms with Crippen molar-refractivity contribution in [2.24, 2.45) is 0 Å². The molecule has 1 heterocycles. The van der Waals surface area contributed by atoms with Crippen molar-refractivity contribution in [2.45, 2.75) is 39.4 Å². The zero-order valence-electron chi connectivity index (χ0n) is 15.5. The van der Waals surface area contributed by atoms with E-state index in [9.17, 15) is 14.4 Å². The van der Waals surface area contributed by atoms with Crippen molar-refractivity contribution in [3.8, 4) is 5.75 Å². The number of fused-ring (bicyclic) bond motifs is 1. The van der Waals surface area contributed by atoms with E-state index in [-0.39, 0.29) is 17.9 Å². The van der Waals surface area contributed by atoms with Crippen LogP contribution in [0.1, 0.15) is 47.9 Å². The lowest BCUT2D eigenvalue weighted by atomic mass is 10.1. The van der Waals surface area contributed by atoms with Crippen LogP contribution in [-0.4, -0.2) is 30.0 Å². The molecule has 1 aliphatic heterocycles. The lowest BCUT2D eigenvalue weighted by molar-refractivity contribution is -0.155. The minimum absolute atomic E-state index is 0.216. The Morgan fingerprint density at radius 1 is 0.963 bits per heavy atom. The summed E-state index contributed by atoms with van der Waals surface area (Å²) in [6.45, 7) is 5.39. The third-order valence-electron chi connectivity index (χ3n) is 4.15. The lowest BCUT2D eigenvalue weighted by Gasteiger charge is -2.19. The molecule has 3 rings (SSSR count). The molecule has 2 aromatic carbocycles. The summed E-state index contributed by atoms with van der Waals surface area (Å²) in [4.78, 5) is 38.2. The van der Waals surface area contributed by atoms with E-state index in [1.807, 2.05) is 6.92 Å². The highest BCUT2D eigenvalue weighted by Crippen LogP contribution is 2.29. The monoisotopic (exact) mass is 367 g/mol. The number of anilines is 1. The molecule has 2 aromatic rings. The smallest absolute Gasteiger partial charge is 0.347 e. The van der Waals surface area contributed by atoms with Crippen LogP contribution in [0.3, 0.4) is 0 Å². The molecule has 1 atom stereocenters. The fraction of sp³-hybridized carbons (Fsp3) is 0.286. The summed E-state index contributed by atoms with van der Waals surface area (Å²) in [7, 11) is 0. The number of nitrogens with zero attached hydrogens (tertiary/aromatic N) is 1.